The summed E-state index contributed by atoms with van der Waals surface area (Å²) in [5, 5.41) is 9.40. The Morgan fingerprint density at radius 3 is 2.43 bits per heavy atom. The summed E-state index contributed by atoms with van der Waals surface area (Å²) in [7, 11) is 0. The van der Waals surface area contributed by atoms with Crippen LogP contribution < -0.4 is 25.7 Å². The van der Waals surface area contributed by atoms with Gasteiger partial charge in [0.15, 0.2) is 11.5 Å². The van der Waals surface area contributed by atoms with Gasteiger partial charge in [-0.1, -0.05) is 18.2 Å². The van der Waals surface area contributed by atoms with E-state index in [1.54, 1.807) is 12.1 Å². The third-order valence-corrected chi connectivity index (χ3v) is 4.19. The van der Waals surface area contributed by atoms with Gasteiger partial charge in [-0.2, -0.15) is 10.2 Å². The first kappa shape index (κ1) is 20.7. The zero-order valence-corrected chi connectivity index (χ0v) is 16.9. The quantitative estimate of drug-likeness (QED) is 0.582. The highest BCUT2D eigenvalue weighted by atomic mass is 16.5. The number of hydrogen-bond donors (Lipinski definition) is 2. The summed E-state index contributed by atoms with van der Waals surface area (Å²) in [6.45, 7) is 5.28. The minimum Gasteiger partial charge on any atom is -0.490 e. The largest absolute Gasteiger partial charge is 0.490 e. The summed E-state index contributed by atoms with van der Waals surface area (Å²) in [5.41, 5.74) is 13.6. The zero-order valence-electron chi connectivity index (χ0n) is 16.9. The van der Waals surface area contributed by atoms with E-state index in [-0.39, 0.29) is 17.3 Å². The molecule has 0 bridgehead atoms. The molecule has 0 fully saturated rings. The maximum Gasteiger partial charge on any atom is 0.222 e. The number of benzene rings is 2. The highest BCUT2D eigenvalue weighted by Gasteiger charge is 2.14. The molecule has 0 radical (unpaired) electrons. The standard InChI is InChI=1S/C22H23N5O3/c1-3-28-18-9-8-14(10-19(18)29-4-2)13-30-16-7-5-6-15(11-16)20-17(12-23)21(24)27-22(25)26-20/h5-11H,3-4,13H2,1-2H3,(H4,24,25,26,27). The first-order valence-electron chi connectivity index (χ1n) is 9.50. The van der Waals surface area contributed by atoms with Crippen molar-refractivity contribution in [1.29, 1.82) is 5.26 Å². The summed E-state index contributed by atoms with van der Waals surface area (Å²) in [6, 6.07) is 14.9. The van der Waals surface area contributed by atoms with Crippen LogP contribution in [0.4, 0.5) is 11.8 Å². The molecule has 0 atom stereocenters. The van der Waals surface area contributed by atoms with E-state index in [2.05, 4.69) is 9.97 Å². The van der Waals surface area contributed by atoms with Crippen LogP contribution in [0.2, 0.25) is 0 Å². The van der Waals surface area contributed by atoms with Crippen molar-refractivity contribution in [3.63, 3.8) is 0 Å². The predicted octanol–water partition coefficient (Wildman–Crippen LogP) is 3.56. The molecule has 0 saturated heterocycles. The van der Waals surface area contributed by atoms with Crippen LogP contribution in [-0.2, 0) is 6.61 Å². The van der Waals surface area contributed by atoms with Gasteiger partial charge in [0.1, 0.15) is 29.8 Å². The molecule has 8 heteroatoms. The second-order valence-corrected chi connectivity index (χ2v) is 6.27. The van der Waals surface area contributed by atoms with Crippen molar-refractivity contribution in [1.82, 2.24) is 9.97 Å². The lowest BCUT2D eigenvalue weighted by molar-refractivity contribution is 0.283. The molecule has 3 rings (SSSR count). The molecule has 0 aliphatic heterocycles. The molecule has 0 spiro atoms. The number of ether oxygens (including phenoxy) is 3. The Hall–Kier alpha value is -3.99. The summed E-state index contributed by atoms with van der Waals surface area (Å²) in [6.07, 6.45) is 0. The third kappa shape index (κ3) is 4.70. The number of nitrogens with zero attached hydrogens (tertiary/aromatic N) is 3. The van der Waals surface area contributed by atoms with Crippen molar-refractivity contribution in [2.45, 2.75) is 20.5 Å². The fourth-order valence-corrected chi connectivity index (χ4v) is 2.90. The lowest BCUT2D eigenvalue weighted by Crippen LogP contribution is -2.05. The molecular formula is C22H23N5O3. The zero-order chi connectivity index (χ0) is 21.5. The summed E-state index contributed by atoms with van der Waals surface area (Å²) < 4.78 is 17.2. The second kappa shape index (κ2) is 9.47. The molecule has 1 heterocycles. The van der Waals surface area contributed by atoms with Crippen LogP contribution in [-0.4, -0.2) is 23.2 Å². The van der Waals surface area contributed by atoms with E-state index in [9.17, 15) is 5.26 Å². The summed E-state index contributed by atoms with van der Waals surface area (Å²) >= 11 is 0. The third-order valence-electron chi connectivity index (χ3n) is 4.19. The van der Waals surface area contributed by atoms with Crippen LogP contribution in [0.5, 0.6) is 17.2 Å². The number of nitrogens with two attached hydrogens (primary N) is 2. The van der Waals surface area contributed by atoms with Gasteiger partial charge in [-0.25, -0.2) is 4.98 Å². The van der Waals surface area contributed by atoms with Gasteiger partial charge in [0, 0.05) is 5.56 Å². The minimum absolute atomic E-state index is 0.00524. The number of anilines is 2. The molecule has 0 aliphatic carbocycles. The van der Waals surface area contributed by atoms with Crippen LogP contribution in [0.3, 0.4) is 0 Å². The van der Waals surface area contributed by atoms with Gasteiger partial charge in [0.2, 0.25) is 5.95 Å². The van der Waals surface area contributed by atoms with Gasteiger partial charge >= 0.3 is 0 Å². The Labute approximate surface area is 175 Å². The second-order valence-electron chi connectivity index (χ2n) is 6.27. The van der Waals surface area contributed by atoms with Gasteiger partial charge in [0.25, 0.3) is 0 Å². The molecule has 0 unspecified atom stereocenters. The molecule has 0 aliphatic rings. The van der Waals surface area contributed by atoms with E-state index < -0.39 is 0 Å². The highest BCUT2D eigenvalue weighted by Crippen LogP contribution is 2.30. The van der Waals surface area contributed by atoms with Crippen LogP contribution in [0.15, 0.2) is 42.5 Å². The van der Waals surface area contributed by atoms with Crippen molar-refractivity contribution in [3.05, 3.63) is 53.6 Å². The Morgan fingerprint density at radius 1 is 0.933 bits per heavy atom. The number of hydrogen-bond acceptors (Lipinski definition) is 8. The fraction of sp³-hybridized carbons (Fsp3) is 0.227. The van der Waals surface area contributed by atoms with Gasteiger partial charge < -0.3 is 25.7 Å². The molecule has 0 saturated carbocycles. The topological polar surface area (TPSA) is 129 Å². The Kier molecular flexibility index (Phi) is 6.55. The van der Waals surface area contributed by atoms with E-state index in [1.807, 2.05) is 50.2 Å². The van der Waals surface area contributed by atoms with E-state index in [1.165, 1.54) is 0 Å². The molecular weight excluding hydrogens is 382 g/mol. The van der Waals surface area contributed by atoms with E-state index in [0.717, 1.165) is 5.56 Å². The van der Waals surface area contributed by atoms with Gasteiger partial charge in [-0.3, -0.25) is 0 Å². The fourth-order valence-electron chi connectivity index (χ4n) is 2.90. The summed E-state index contributed by atoms with van der Waals surface area (Å²) in [5.74, 6) is 2.04. The number of aromatic nitrogens is 2. The molecule has 4 N–H and O–H groups in total. The van der Waals surface area contributed by atoms with Gasteiger partial charge in [-0.05, 0) is 43.7 Å². The van der Waals surface area contributed by atoms with Crippen molar-refractivity contribution >= 4 is 11.8 Å². The number of nitrogen functional groups attached to an aromatic ring is 2. The Morgan fingerprint density at radius 2 is 1.70 bits per heavy atom. The Bertz CT molecular complexity index is 1080. The van der Waals surface area contributed by atoms with E-state index in [4.69, 9.17) is 25.7 Å². The predicted molar refractivity (Wildman–Crippen MR) is 114 cm³/mol. The molecule has 8 nitrogen and oxygen atoms in total. The van der Waals surface area contributed by atoms with Gasteiger partial charge in [0.05, 0.1) is 18.9 Å². The maximum atomic E-state index is 9.40. The van der Waals surface area contributed by atoms with Crippen molar-refractivity contribution in [3.8, 4) is 34.6 Å². The van der Waals surface area contributed by atoms with Gasteiger partial charge in [-0.15, -0.1) is 0 Å². The first-order chi connectivity index (χ1) is 14.5. The molecule has 30 heavy (non-hydrogen) atoms. The molecule has 154 valence electrons. The molecule has 0 amide bonds. The highest BCUT2D eigenvalue weighted by molar-refractivity contribution is 5.73. The monoisotopic (exact) mass is 405 g/mol. The number of nitriles is 1. The average molecular weight is 405 g/mol. The normalized spacial score (nSPS) is 10.3. The van der Waals surface area contributed by atoms with Crippen LogP contribution in [0.25, 0.3) is 11.3 Å². The lowest BCUT2D eigenvalue weighted by Gasteiger charge is -2.13. The lowest BCUT2D eigenvalue weighted by atomic mass is 10.1. The van der Waals surface area contributed by atoms with Crippen molar-refractivity contribution in [2.75, 3.05) is 24.7 Å². The maximum absolute atomic E-state index is 9.40. The minimum atomic E-state index is 0.00524. The van der Waals surface area contributed by atoms with Crippen LogP contribution in [0.1, 0.15) is 25.0 Å². The molecule has 1 aromatic heterocycles. The van der Waals surface area contributed by atoms with Crippen LogP contribution >= 0.6 is 0 Å². The number of rotatable bonds is 8. The van der Waals surface area contributed by atoms with E-state index >= 15 is 0 Å². The van der Waals surface area contributed by atoms with Crippen molar-refractivity contribution in [2.24, 2.45) is 0 Å². The molecule has 3 aromatic rings. The van der Waals surface area contributed by atoms with Crippen LogP contribution in [0, 0.1) is 11.3 Å². The first-order valence-corrected chi connectivity index (χ1v) is 9.50. The summed E-state index contributed by atoms with van der Waals surface area (Å²) in [4.78, 5) is 8.01. The smallest absolute Gasteiger partial charge is 0.222 e. The van der Waals surface area contributed by atoms with Crippen molar-refractivity contribution < 1.29 is 14.2 Å². The average Bonchev–Trinajstić information content (AvgIpc) is 2.74. The Balaban J connectivity index is 1.82. The van der Waals surface area contributed by atoms with E-state index in [0.29, 0.717) is 48.3 Å². The molecule has 2 aromatic carbocycles. The SMILES string of the molecule is CCOc1ccc(COc2cccc(-c3nc(N)nc(N)c3C#N)c2)cc1OCC.